The Bertz CT molecular complexity index is 90.5. The third-order valence-corrected chi connectivity index (χ3v) is 1.27. The second kappa shape index (κ2) is 2.27. The Morgan fingerprint density at radius 2 is 2.50 bits per heavy atom. The maximum atomic E-state index is 9.80. The minimum atomic E-state index is -0.185. The standard InChI is InChI=1S/C6H9O2/c1-2-3-5-6(4-7)8-5/h5-6H,2-3H2,1H3/t5?,6-/m0/s1. The monoisotopic (exact) mass is 113 g/mol. The molecule has 1 fully saturated rings. The van der Waals surface area contributed by atoms with Crippen molar-refractivity contribution in [3.05, 3.63) is 0 Å². The second-order valence-electron chi connectivity index (χ2n) is 2.00. The third-order valence-electron chi connectivity index (χ3n) is 1.27. The average Bonchev–Trinajstić information content (AvgIpc) is 2.48. The topological polar surface area (TPSA) is 29.6 Å². The molecule has 0 aromatic heterocycles. The quantitative estimate of drug-likeness (QED) is 0.503. The van der Waals surface area contributed by atoms with Gasteiger partial charge in [0.2, 0.25) is 6.29 Å². The van der Waals surface area contributed by atoms with Gasteiger partial charge in [0.05, 0.1) is 6.10 Å². The van der Waals surface area contributed by atoms with Gasteiger partial charge in [-0.05, 0) is 6.42 Å². The summed E-state index contributed by atoms with van der Waals surface area (Å²) in [6, 6.07) is 0. The van der Waals surface area contributed by atoms with Crippen molar-refractivity contribution < 1.29 is 9.53 Å². The molecule has 0 saturated carbocycles. The number of ether oxygens (including phenoxy) is 1. The van der Waals surface area contributed by atoms with E-state index in [0.29, 0.717) is 0 Å². The number of hydrogen-bond donors (Lipinski definition) is 0. The lowest BCUT2D eigenvalue weighted by atomic mass is 10.2. The molecule has 0 aromatic carbocycles. The molecular weight excluding hydrogens is 104 g/mol. The molecule has 1 saturated heterocycles. The first-order chi connectivity index (χ1) is 3.88. The lowest BCUT2D eigenvalue weighted by Gasteiger charge is -1.81. The highest BCUT2D eigenvalue weighted by atomic mass is 16.6. The van der Waals surface area contributed by atoms with Crippen molar-refractivity contribution in [2.75, 3.05) is 0 Å². The van der Waals surface area contributed by atoms with Gasteiger partial charge in [-0.25, -0.2) is 0 Å². The molecule has 0 amide bonds. The molecule has 45 valence electrons. The van der Waals surface area contributed by atoms with Crippen LogP contribution in [-0.2, 0) is 9.53 Å². The van der Waals surface area contributed by atoms with Crippen LogP contribution in [0, 0.1) is 0 Å². The van der Waals surface area contributed by atoms with Gasteiger partial charge in [0, 0.05) is 0 Å². The first-order valence-corrected chi connectivity index (χ1v) is 2.91. The summed E-state index contributed by atoms with van der Waals surface area (Å²) in [7, 11) is 0. The molecule has 1 rings (SSSR count). The zero-order valence-electron chi connectivity index (χ0n) is 4.89. The maximum absolute atomic E-state index is 9.80. The molecule has 1 radical (unpaired) electrons. The second-order valence-corrected chi connectivity index (χ2v) is 2.00. The highest BCUT2D eigenvalue weighted by molar-refractivity contribution is 5.61. The van der Waals surface area contributed by atoms with Crippen molar-refractivity contribution in [1.82, 2.24) is 0 Å². The van der Waals surface area contributed by atoms with Gasteiger partial charge in [0.15, 0.2) is 6.10 Å². The summed E-state index contributed by atoms with van der Waals surface area (Å²) >= 11 is 0. The van der Waals surface area contributed by atoms with E-state index in [9.17, 15) is 4.79 Å². The van der Waals surface area contributed by atoms with Crippen molar-refractivity contribution in [2.24, 2.45) is 0 Å². The van der Waals surface area contributed by atoms with Crippen molar-refractivity contribution in [3.63, 3.8) is 0 Å². The molecule has 0 bridgehead atoms. The lowest BCUT2D eigenvalue weighted by Crippen LogP contribution is -1.92. The Morgan fingerprint density at radius 3 is 2.88 bits per heavy atom. The molecule has 8 heavy (non-hydrogen) atoms. The third kappa shape index (κ3) is 1.07. The van der Waals surface area contributed by atoms with Crippen molar-refractivity contribution in [2.45, 2.75) is 32.0 Å². The Morgan fingerprint density at radius 1 is 1.75 bits per heavy atom. The van der Waals surface area contributed by atoms with E-state index in [4.69, 9.17) is 4.74 Å². The first-order valence-electron chi connectivity index (χ1n) is 2.91. The molecule has 1 aliphatic heterocycles. The zero-order valence-corrected chi connectivity index (χ0v) is 4.89. The molecule has 2 nitrogen and oxygen atoms in total. The van der Waals surface area contributed by atoms with Crippen LogP contribution in [0.5, 0.6) is 0 Å². The fourth-order valence-corrected chi connectivity index (χ4v) is 0.751. The number of epoxide rings is 1. The SMILES string of the molecule is CCCC1O[C@H]1[C]=O. The summed E-state index contributed by atoms with van der Waals surface area (Å²) in [5, 5.41) is 0. The lowest BCUT2D eigenvalue weighted by molar-refractivity contribution is 0.378. The van der Waals surface area contributed by atoms with Crippen LogP contribution in [0.4, 0.5) is 0 Å². The predicted molar refractivity (Wildman–Crippen MR) is 29.3 cm³/mol. The van der Waals surface area contributed by atoms with E-state index in [1.807, 2.05) is 0 Å². The van der Waals surface area contributed by atoms with Gasteiger partial charge in [-0.1, -0.05) is 13.3 Å². The molecular formula is C6H9O2. The van der Waals surface area contributed by atoms with Gasteiger partial charge in [0.25, 0.3) is 0 Å². The van der Waals surface area contributed by atoms with E-state index in [1.165, 1.54) is 0 Å². The van der Waals surface area contributed by atoms with E-state index in [0.717, 1.165) is 12.8 Å². The normalized spacial score (nSPS) is 34.6. The largest absolute Gasteiger partial charge is 0.361 e. The molecule has 0 aliphatic carbocycles. The van der Waals surface area contributed by atoms with Crippen molar-refractivity contribution >= 4 is 6.29 Å². The molecule has 1 heterocycles. The summed E-state index contributed by atoms with van der Waals surface area (Å²) in [5.74, 6) is 0. The first kappa shape index (κ1) is 5.76. The number of hydrogen-bond acceptors (Lipinski definition) is 2. The number of rotatable bonds is 3. The highest BCUT2D eigenvalue weighted by Crippen LogP contribution is 2.23. The van der Waals surface area contributed by atoms with Gasteiger partial charge in [-0.2, -0.15) is 0 Å². The summed E-state index contributed by atoms with van der Waals surface area (Å²) in [5.41, 5.74) is 0. The van der Waals surface area contributed by atoms with Gasteiger partial charge in [-0.3, -0.25) is 4.79 Å². The summed E-state index contributed by atoms with van der Waals surface area (Å²) < 4.78 is 4.88. The van der Waals surface area contributed by atoms with Crippen LogP contribution in [0.15, 0.2) is 0 Å². The average molecular weight is 113 g/mol. The zero-order chi connectivity index (χ0) is 5.98. The van der Waals surface area contributed by atoms with Crippen LogP contribution in [0.1, 0.15) is 19.8 Å². The summed E-state index contributed by atoms with van der Waals surface area (Å²) in [6.45, 7) is 2.07. The summed E-state index contributed by atoms with van der Waals surface area (Å²) in [4.78, 5) is 9.80. The van der Waals surface area contributed by atoms with Crippen molar-refractivity contribution in [3.8, 4) is 0 Å². The van der Waals surface area contributed by atoms with Gasteiger partial charge < -0.3 is 4.74 Å². The Kier molecular flexibility index (Phi) is 1.63. The Balaban J connectivity index is 2.07. The minimum Gasteiger partial charge on any atom is -0.361 e. The van der Waals surface area contributed by atoms with Crippen LogP contribution < -0.4 is 0 Å². The van der Waals surface area contributed by atoms with Crippen LogP contribution in [0.25, 0.3) is 0 Å². The molecule has 2 atom stereocenters. The molecule has 0 aromatic rings. The fourth-order valence-electron chi connectivity index (χ4n) is 0.751. The number of carbonyl (C=O) groups excluding carboxylic acids is 1. The van der Waals surface area contributed by atoms with Crippen LogP contribution in [0.3, 0.4) is 0 Å². The Labute approximate surface area is 48.8 Å². The van der Waals surface area contributed by atoms with E-state index < -0.39 is 0 Å². The fraction of sp³-hybridized carbons (Fsp3) is 0.833. The maximum Gasteiger partial charge on any atom is 0.232 e. The van der Waals surface area contributed by atoms with Crippen molar-refractivity contribution in [1.29, 1.82) is 0 Å². The molecule has 2 heteroatoms. The minimum absolute atomic E-state index is 0.185. The summed E-state index contributed by atoms with van der Waals surface area (Å²) in [6.07, 6.45) is 3.91. The smallest absolute Gasteiger partial charge is 0.232 e. The molecule has 0 spiro atoms. The van der Waals surface area contributed by atoms with Gasteiger partial charge in [0.1, 0.15) is 0 Å². The van der Waals surface area contributed by atoms with Crippen LogP contribution in [-0.4, -0.2) is 18.5 Å². The predicted octanol–water partition coefficient (Wildman–Crippen LogP) is 0.664. The van der Waals surface area contributed by atoms with E-state index >= 15 is 0 Å². The van der Waals surface area contributed by atoms with E-state index in [-0.39, 0.29) is 12.2 Å². The molecule has 1 aliphatic rings. The Hall–Kier alpha value is -0.370. The molecule has 0 N–H and O–H groups in total. The van der Waals surface area contributed by atoms with Crippen LogP contribution in [0.2, 0.25) is 0 Å². The van der Waals surface area contributed by atoms with Gasteiger partial charge in [-0.15, -0.1) is 0 Å². The van der Waals surface area contributed by atoms with E-state index in [1.54, 1.807) is 6.29 Å². The molecule has 1 unspecified atom stereocenters. The highest BCUT2D eigenvalue weighted by Gasteiger charge is 2.37. The van der Waals surface area contributed by atoms with Gasteiger partial charge >= 0.3 is 0 Å². The van der Waals surface area contributed by atoms with Crippen LogP contribution >= 0.6 is 0 Å². The van der Waals surface area contributed by atoms with E-state index in [2.05, 4.69) is 6.92 Å².